The van der Waals surface area contributed by atoms with Gasteiger partial charge in [0, 0.05) is 13.2 Å². The predicted octanol–water partition coefficient (Wildman–Crippen LogP) is 3.12. The smallest absolute Gasteiger partial charge is 0.0842 e. The number of fused-ring (bicyclic) bond motifs is 1. The van der Waals surface area contributed by atoms with Crippen LogP contribution in [0.1, 0.15) is 24.8 Å². The van der Waals surface area contributed by atoms with Gasteiger partial charge in [-0.15, -0.1) is 0 Å². The van der Waals surface area contributed by atoms with Crippen LogP contribution in [0.25, 0.3) is 10.9 Å². The van der Waals surface area contributed by atoms with Gasteiger partial charge >= 0.3 is 0 Å². The number of aryl methyl sites for hydroxylation is 1. The molecular weight excluding hydrogens is 196 g/mol. The van der Waals surface area contributed by atoms with Crippen LogP contribution in [0.2, 0.25) is 0 Å². The second kappa shape index (κ2) is 3.12. The van der Waals surface area contributed by atoms with Crippen LogP contribution in [0.15, 0.2) is 30.5 Å². The van der Waals surface area contributed by atoms with Crippen molar-refractivity contribution in [3.63, 3.8) is 0 Å². The zero-order valence-electron chi connectivity index (χ0n) is 9.40. The highest BCUT2D eigenvalue weighted by Gasteiger charge is 2.40. The van der Waals surface area contributed by atoms with E-state index in [2.05, 4.69) is 48.1 Å². The topological polar surface area (TPSA) is 28.7 Å². The second-order valence-electron chi connectivity index (χ2n) is 4.72. The first kappa shape index (κ1) is 9.47. The number of nitrogens with zero attached hydrogens (tertiary/aromatic N) is 2. The highest BCUT2D eigenvalue weighted by atomic mass is 14.9. The summed E-state index contributed by atoms with van der Waals surface area (Å²) in [4.78, 5) is 0. The van der Waals surface area contributed by atoms with Crippen LogP contribution >= 0.6 is 0 Å². The molecule has 0 atom stereocenters. The Morgan fingerprint density at radius 1 is 1.31 bits per heavy atom. The van der Waals surface area contributed by atoms with Crippen molar-refractivity contribution in [2.45, 2.75) is 24.7 Å². The molecule has 0 aliphatic heterocycles. The first-order valence-corrected chi connectivity index (χ1v) is 5.73. The van der Waals surface area contributed by atoms with E-state index >= 15 is 0 Å². The SMILES string of the molecule is Cn1ccc2cccc(C3(C#N)CCC3)c21. The Morgan fingerprint density at radius 2 is 2.12 bits per heavy atom. The molecule has 2 heteroatoms. The number of hydrogen-bond donors (Lipinski definition) is 0. The summed E-state index contributed by atoms with van der Waals surface area (Å²) in [7, 11) is 2.05. The molecule has 1 aromatic heterocycles. The van der Waals surface area contributed by atoms with Crippen LogP contribution in [-0.4, -0.2) is 4.57 Å². The quantitative estimate of drug-likeness (QED) is 0.711. The van der Waals surface area contributed by atoms with E-state index in [1.165, 1.54) is 22.9 Å². The maximum Gasteiger partial charge on any atom is 0.0842 e. The zero-order valence-corrected chi connectivity index (χ0v) is 9.40. The predicted molar refractivity (Wildman–Crippen MR) is 64.1 cm³/mol. The maximum absolute atomic E-state index is 9.42. The summed E-state index contributed by atoms with van der Waals surface area (Å²) in [6.07, 6.45) is 5.26. The lowest BCUT2D eigenvalue weighted by Gasteiger charge is -2.36. The van der Waals surface area contributed by atoms with Gasteiger partial charge in [0.1, 0.15) is 0 Å². The second-order valence-corrected chi connectivity index (χ2v) is 4.72. The van der Waals surface area contributed by atoms with Crippen molar-refractivity contribution in [1.82, 2.24) is 4.57 Å². The Morgan fingerprint density at radius 3 is 2.75 bits per heavy atom. The van der Waals surface area contributed by atoms with Crippen molar-refractivity contribution in [2.75, 3.05) is 0 Å². The van der Waals surface area contributed by atoms with Crippen LogP contribution in [0, 0.1) is 11.3 Å². The van der Waals surface area contributed by atoms with Crippen molar-refractivity contribution < 1.29 is 0 Å². The van der Waals surface area contributed by atoms with Crippen LogP contribution in [0.4, 0.5) is 0 Å². The molecule has 0 spiro atoms. The normalized spacial score (nSPS) is 18.0. The molecule has 2 aromatic rings. The van der Waals surface area contributed by atoms with Gasteiger partial charge < -0.3 is 4.57 Å². The van der Waals surface area contributed by atoms with E-state index in [1.807, 2.05) is 0 Å². The molecule has 16 heavy (non-hydrogen) atoms. The molecule has 0 unspecified atom stereocenters. The van der Waals surface area contributed by atoms with E-state index in [0.29, 0.717) is 0 Å². The molecule has 1 fully saturated rings. The Balaban J connectivity index is 2.31. The number of aromatic nitrogens is 1. The maximum atomic E-state index is 9.42. The summed E-state index contributed by atoms with van der Waals surface area (Å²) in [5.74, 6) is 0. The van der Waals surface area contributed by atoms with Crippen molar-refractivity contribution in [3.8, 4) is 6.07 Å². The molecular formula is C14H14N2. The Kier molecular flexibility index (Phi) is 1.85. The van der Waals surface area contributed by atoms with Gasteiger partial charge in [0.15, 0.2) is 0 Å². The van der Waals surface area contributed by atoms with Crippen LogP contribution in [0.3, 0.4) is 0 Å². The molecule has 1 aliphatic carbocycles. The van der Waals surface area contributed by atoms with E-state index in [0.717, 1.165) is 12.8 Å². The number of nitriles is 1. The Bertz CT molecular complexity index is 582. The van der Waals surface area contributed by atoms with E-state index in [1.54, 1.807) is 0 Å². The molecule has 0 radical (unpaired) electrons. The molecule has 80 valence electrons. The van der Waals surface area contributed by atoms with E-state index in [9.17, 15) is 5.26 Å². The monoisotopic (exact) mass is 210 g/mol. The van der Waals surface area contributed by atoms with Gasteiger partial charge in [0.2, 0.25) is 0 Å². The summed E-state index contributed by atoms with van der Waals surface area (Å²) >= 11 is 0. The van der Waals surface area contributed by atoms with Crippen molar-refractivity contribution in [1.29, 1.82) is 5.26 Å². The molecule has 0 bridgehead atoms. The molecule has 1 heterocycles. The third-order valence-electron chi connectivity index (χ3n) is 3.83. The van der Waals surface area contributed by atoms with Crippen LogP contribution in [-0.2, 0) is 12.5 Å². The summed E-state index contributed by atoms with van der Waals surface area (Å²) in [6.45, 7) is 0. The summed E-state index contributed by atoms with van der Waals surface area (Å²) < 4.78 is 2.13. The van der Waals surface area contributed by atoms with Crippen molar-refractivity contribution in [2.24, 2.45) is 7.05 Å². The highest BCUT2D eigenvalue weighted by molar-refractivity contribution is 5.85. The molecule has 1 aliphatic rings. The zero-order chi connectivity index (χ0) is 11.2. The van der Waals surface area contributed by atoms with E-state index < -0.39 is 0 Å². The minimum atomic E-state index is -0.217. The lowest BCUT2D eigenvalue weighted by Crippen LogP contribution is -2.32. The lowest BCUT2D eigenvalue weighted by molar-refractivity contribution is 0.326. The first-order valence-electron chi connectivity index (χ1n) is 5.73. The summed E-state index contributed by atoms with van der Waals surface area (Å²) in [5, 5.41) is 10.7. The van der Waals surface area contributed by atoms with Crippen molar-refractivity contribution >= 4 is 10.9 Å². The molecule has 0 saturated heterocycles. The van der Waals surface area contributed by atoms with Crippen molar-refractivity contribution in [3.05, 3.63) is 36.0 Å². The summed E-state index contributed by atoms with van der Waals surface area (Å²) in [6, 6.07) is 10.9. The standard InChI is InChI=1S/C14H14N2/c1-16-9-6-11-4-2-5-12(13(11)16)14(10-15)7-3-8-14/h2,4-6,9H,3,7-8H2,1H3. The first-order chi connectivity index (χ1) is 7.77. The van der Waals surface area contributed by atoms with Gasteiger partial charge in [-0.25, -0.2) is 0 Å². The minimum absolute atomic E-state index is 0.217. The number of benzene rings is 1. The Hall–Kier alpha value is -1.75. The molecule has 0 N–H and O–H groups in total. The molecule has 0 amide bonds. The largest absolute Gasteiger partial charge is 0.350 e. The molecule has 2 nitrogen and oxygen atoms in total. The average molecular weight is 210 g/mol. The number of hydrogen-bond acceptors (Lipinski definition) is 1. The van der Waals surface area contributed by atoms with Gasteiger partial charge in [-0.05, 0) is 36.3 Å². The van der Waals surface area contributed by atoms with Gasteiger partial charge in [0.25, 0.3) is 0 Å². The Labute approximate surface area is 95.1 Å². The highest BCUT2D eigenvalue weighted by Crippen LogP contribution is 2.45. The van der Waals surface area contributed by atoms with Gasteiger partial charge in [-0.2, -0.15) is 5.26 Å². The van der Waals surface area contributed by atoms with E-state index in [-0.39, 0.29) is 5.41 Å². The molecule has 1 saturated carbocycles. The van der Waals surface area contributed by atoms with Crippen LogP contribution < -0.4 is 0 Å². The third-order valence-corrected chi connectivity index (χ3v) is 3.83. The van der Waals surface area contributed by atoms with E-state index in [4.69, 9.17) is 0 Å². The number of rotatable bonds is 1. The summed E-state index contributed by atoms with van der Waals surface area (Å²) in [5.41, 5.74) is 2.22. The fraction of sp³-hybridized carbons (Fsp3) is 0.357. The minimum Gasteiger partial charge on any atom is -0.350 e. The average Bonchev–Trinajstić information content (AvgIpc) is 2.61. The lowest BCUT2D eigenvalue weighted by atomic mass is 9.65. The third kappa shape index (κ3) is 1.06. The number of para-hydroxylation sites is 1. The fourth-order valence-electron chi connectivity index (χ4n) is 2.71. The van der Waals surface area contributed by atoms with Gasteiger partial charge in [-0.3, -0.25) is 0 Å². The molecule has 1 aromatic carbocycles. The molecule has 3 rings (SSSR count). The van der Waals surface area contributed by atoms with Crippen LogP contribution in [0.5, 0.6) is 0 Å². The fourth-order valence-corrected chi connectivity index (χ4v) is 2.71. The van der Waals surface area contributed by atoms with Gasteiger partial charge in [0.05, 0.1) is 17.0 Å². The van der Waals surface area contributed by atoms with Gasteiger partial charge in [-0.1, -0.05) is 18.2 Å².